The summed E-state index contributed by atoms with van der Waals surface area (Å²) in [6.45, 7) is 4.20. The van der Waals surface area contributed by atoms with Gasteiger partial charge in [0.05, 0.1) is 18.4 Å². The standard InChI is InChI=1S/C18H27N3O6/c1-10(2)20-14(22)8-19-15(23)9-27-18(26)11(3)21-16(24)12-6-4-5-7-13(12)17(21)25/h10-13H,4-9H2,1-3H3,(H,19,23)(H,20,22)/t11-,12-,13+/m0/s1. The molecule has 0 radical (unpaired) electrons. The van der Waals surface area contributed by atoms with Gasteiger partial charge in [-0.1, -0.05) is 12.8 Å². The zero-order chi connectivity index (χ0) is 20.1. The lowest BCUT2D eigenvalue weighted by Crippen LogP contribution is -2.45. The van der Waals surface area contributed by atoms with E-state index in [2.05, 4.69) is 10.6 Å². The summed E-state index contributed by atoms with van der Waals surface area (Å²) in [5, 5.41) is 4.94. The molecule has 0 spiro atoms. The number of fused-ring (bicyclic) bond motifs is 1. The Labute approximate surface area is 158 Å². The van der Waals surface area contributed by atoms with Crippen LogP contribution >= 0.6 is 0 Å². The van der Waals surface area contributed by atoms with Crippen molar-refractivity contribution < 1.29 is 28.7 Å². The summed E-state index contributed by atoms with van der Waals surface area (Å²) in [5.74, 6) is -3.16. The number of esters is 1. The predicted molar refractivity (Wildman–Crippen MR) is 94.0 cm³/mol. The normalized spacial score (nSPS) is 23.0. The molecule has 2 fully saturated rings. The summed E-state index contributed by atoms with van der Waals surface area (Å²) in [5.41, 5.74) is 0. The topological polar surface area (TPSA) is 122 Å². The van der Waals surface area contributed by atoms with Crippen LogP contribution in [-0.4, -0.2) is 59.7 Å². The van der Waals surface area contributed by atoms with Gasteiger partial charge in [0.15, 0.2) is 6.61 Å². The van der Waals surface area contributed by atoms with E-state index in [9.17, 15) is 24.0 Å². The van der Waals surface area contributed by atoms with Crippen LogP contribution < -0.4 is 10.6 Å². The molecule has 2 rings (SSSR count). The van der Waals surface area contributed by atoms with Gasteiger partial charge in [-0.3, -0.25) is 24.1 Å². The highest BCUT2D eigenvalue weighted by molar-refractivity contribution is 6.07. The zero-order valence-corrected chi connectivity index (χ0v) is 15.9. The highest BCUT2D eigenvalue weighted by Crippen LogP contribution is 2.38. The van der Waals surface area contributed by atoms with E-state index in [1.165, 1.54) is 6.92 Å². The summed E-state index contributed by atoms with van der Waals surface area (Å²) in [7, 11) is 0. The van der Waals surface area contributed by atoms with Crippen LogP contribution in [0.5, 0.6) is 0 Å². The highest BCUT2D eigenvalue weighted by Gasteiger charge is 2.51. The van der Waals surface area contributed by atoms with Gasteiger partial charge in [0.1, 0.15) is 6.04 Å². The third-order valence-electron chi connectivity index (χ3n) is 4.84. The molecule has 0 aromatic rings. The fourth-order valence-electron chi connectivity index (χ4n) is 3.54. The molecule has 0 aromatic carbocycles. The number of nitrogens with one attached hydrogen (secondary N) is 2. The Morgan fingerprint density at radius 1 is 1.04 bits per heavy atom. The number of rotatable bonds is 7. The average Bonchev–Trinajstić information content (AvgIpc) is 2.88. The van der Waals surface area contributed by atoms with Crippen molar-refractivity contribution in [3.63, 3.8) is 0 Å². The van der Waals surface area contributed by atoms with E-state index in [0.717, 1.165) is 17.7 Å². The van der Waals surface area contributed by atoms with E-state index in [1.54, 1.807) is 13.8 Å². The maximum atomic E-state index is 12.5. The van der Waals surface area contributed by atoms with Crippen molar-refractivity contribution in [3.05, 3.63) is 0 Å². The van der Waals surface area contributed by atoms with Crippen molar-refractivity contribution in [3.8, 4) is 0 Å². The van der Waals surface area contributed by atoms with Gasteiger partial charge < -0.3 is 15.4 Å². The summed E-state index contributed by atoms with van der Waals surface area (Å²) < 4.78 is 4.91. The quantitative estimate of drug-likeness (QED) is 0.463. The molecule has 2 aliphatic rings. The van der Waals surface area contributed by atoms with Crippen LogP contribution in [0.4, 0.5) is 0 Å². The number of hydrogen-bond donors (Lipinski definition) is 2. The second kappa shape index (κ2) is 8.96. The summed E-state index contributed by atoms with van der Waals surface area (Å²) in [4.78, 5) is 61.3. The first-order valence-electron chi connectivity index (χ1n) is 9.32. The third kappa shape index (κ3) is 5.05. The van der Waals surface area contributed by atoms with Crippen LogP contribution in [0.3, 0.4) is 0 Å². The largest absolute Gasteiger partial charge is 0.454 e. The predicted octanol–water partition coefficient (Wildman–Crippen LogP) is -0.266. The minimum atomic E-state index is -1.08. The molecular formula is C18H27N3O6. The fraction of sp³-hybridized carbons (Fsp3) is 0.722. The van der Waals surface area contributed by atoms with Gasteiger partial charge in [0, 0.05) is 6.04 Å². The minimum absolute atomic E-state index is 0.0488. The summed E-state index contributed by atoms with van der Waals surface area (Å²) in [6, 6.07) is -1.13. The van der Waals surface area contributed by atoms with Gasteiger partial charge in [0.25, 0.3) is 5.91 Å². The lowest BCUT2D eigenvalue weighted by atomic mass is 9.81. The Morgan fingerprint density at radius 3 is 2.11 bits per heavy atom. The van der Waals surface area contributed by atoms with Crippen molar-refractivity contribution in [2.24, 2.45) is 11.8 Å². The van der Waals surface area contributed by atoms with Crippen LogP contribution in [0.25, 0.3) is 0 Å². The Bertz CT molecular complexity index is 609. The molecule has 27 heavy (non-hydrogen) atoms. The molecule has 1 aliphatic heterocycles. The van der Waals surface area contributed by atoms with Crippen LogP contribution in [0, 0.1) is 11.8 Å². The van der Waals surface area contributed by atoms with Gasteiger partial charge in [-0.15, -0.1) is 0 Å². The molecule has 150 valence electrons. The van der Waals surface area contributed by atoms with E-state index < -0.39 is 24.5 Å². The van der Waals surface area contributed by atoms with Gasteiger partial charge >= 0.3 is 5.97 Å². The summed E-state index contributed by atoms with van der Waals surface area (Å²) in [6.07, 6.45) is 3.12. The molecule has 3 atom stereocenters. The molecule has 1 saturated heterocycles. The fourth-order valence-corrected chi connectivity index (χ4v) is 3.54. The monoisotopic (exact) mass is 381 g/mol. The van der Waals surface area contributed by atoms with Crippen LogP contribution in [-0.2, 0) is 28.7 Å². The second-order valence-corrected chi connectivity index (χ2v) is 7.33. The van der Waals surface area contributed by atoms with Crippen molar-refractivity contribution in [1.29, 1.82) is 0 Å². The molecule has 9 heteroatoms. The number of hydrogen-bond acceptors (Lipinski definition) is 6. The van der Waals surface area contributed by atoms with E-state index in [-0.39, 0.29) is 42.1 Å². The molecule has 0 unspecified atom stereocenters. The first kappa shape index (κ1) is 20.9. The maximum absolute atomic E-state index is 12.5. The Hall–Kier alpha value is -2.45. The second-order valence-electron chi connectivity index (χ2n) is 7.33. The number of imide groups is 1. The first-order chi connectivity index (χ1) is 12.7. The molecule has 0 bridgehead atoms. The van der Waals surface area contributed by atoms with Gasteiger partial charge in [0.2, 0.25) is 17.7 Å². The zero-order valence-electron chi connectivity index (χ0n) is 15.9. The van der Waals surface area contributed by atoms with Gasteiger partial charge in [-0.25, -0.2) is 4.79 Å². The van der Waals surface area contributed by atoms with E-state index in [0.29, 0.717) is 12.8 Å². The third-order valence-corrected chi connectivity index (χ3v) is 4.84. The Balaban J connectivity index is 1.81. The molecule has 1 aliphatic carbocycles. The number of likely N-dealkylation sites (tertiary alicyclic amines) is 1. The molecule has 2 N–H and O–H groups in total. The van der Waals surface area contributed by atoms with E-state index in [1.807, 2.05) is 0 Å². The molecule has 0 aromatic heterocycles. The molecular weight excluding hydrogens is 354 g/mol. The number of amides is 4. The maximum Gasteiger partial charge on any atom is 0.329 e. The highest BCUT2D eigenvalue weighted by atomic mass is 16.5. The summed E-state index contributed by atoms with van der Waals surface area (Å²) >= 11 is 0. The van der Waals surface area contributed by atoms with Crippen molar-refractivity contribution >= 4 is 29.6 Å². The van der Waals surface area contributed by atoms with E-state index in [4.69, 9.17) is 4.74 Å². The van der Waals surface area contributed by atoms with Gasteiger partial charge in [-0.2, -0.15) is 0 Å². The van der Waals surface area contributed by atoms with Crippen LogP contribution in [0.1, 0.15) is 46.5 Å². The minimum Gasteiger partial charge on any atom is -0.454 e. The first-order valence-corrected chi connectivity index (χ1v) is 9.32. The number of carbonyl (C=O) groups excluding carboxylic acids is 5. The molecule has 1 saturated carbocycles. The van der Waals surface area contributed by atoms with Crippen LogP contribution in [0.2, 0.25) is 0 Å². The smallest absolute Gasteiger partial charge is 0.329 e. The van der Waals surface area contributed by atoms with Crippen molar-refractivity contribution in [2.75, 3.05) is 13.2 Å². The van der Waals surface area contributed by atoms with Crippen molar-refractivity contribution in [1.82, 2.24) is 15.5 Å². The lowest BCUT2D eigenvalue weighted by molar-refractivity contribution is -0.159. The molecule has 9 nitrogen and oxygen atoms in total. The number of carbonyl (C=O) groups is 5. The number of nitrogens with zero attached hydrogens (tertiary/aromatic N) is 1. The van der Waals surface area contributed by atoms with E-state index >= 15 is 0 Å². The van der Waals surface area contributed by atoms with Crippen LogP contribution in [0.15, 0.2) is 0 Å². The Kier molecular flexibility index (Phi) is 6.92. The van der Waals surface area contributed by atoms with Crippen molar-refractivity contribution in [2.45, 2.75) is 58.5 Å². The lowest BCUT2D eigenvalue weighted by Gasteiger charge is -2.21. The SMILES string of the molecule is CC(C)NC(=O)CNC(=O)COC(=O)[C@H](C)N1C(=O)[C@H]2CCCC[C@H]2C1=O. The average molecular weight is 381 g/mol. The number of ether oxygens (including phenoxy) is 1. The molecule has 4 amide bonds. The Morgan fingerprint density at radius 2 is 1.59 bits per heavy atom. The molecule has 1 heterocycles. The van der Waals surface area contributed by atoms with Gasteiger partial charge in [-0.05, 0) is 33.6 Å².